The Morgan fingerprint density at radius 1 is 1.31 bits per heavy atom. The van der Waals surface area contributed by atoms with Crippen LogP contribution in [0.25, 0.3) is 0 Å². The molecular weight excluding hydrogens is 464 g/mol. The molecule has 1 aromatic heterocycles. The fourth-order valence-electron chi connectivity index (χ4n) is 2.63. The van der Waals surface area contributed by atoms with E-state index in [1.165, 1.54) is 12.3 Å². The number of amides is 1. The summed E-state index contributed by atoms with van der Waals surface area (Å²) in [4.78, 5) is 19.5. The molecule has 1 aromatic carbocycles. The number of aliphatic imine (C=N–C) groups is 1. The highest BCUT2D eigenvalue weighted by molar-refractivity contribution is 9.10. The third-order valence-corrected chi connectivity index (χ3v) is 4.40. The summed E-state index contributed by atoms with van der Waals surface area (Å²) in [5, 5.41) is 2.03. The predicted octanol–water partition coefficient (Wildman–Crippen LogP) is 3.58. The molecule has 1 aliphatic rings. The highest BCUT2D eigenvalue weighted by Crippen LogP contribution is 2.38. The molecule has 0 bridgehead atoms. The van der Waals surface area contributed by atoms with Crippen molar-refractivity contribution in [1.29, 1.82) is 0 Å². The molecule has 1 aliphatic heterocycles. The van der Waals surface area contributed by atoms with Crippen LogP contribution < -0.4 is 15.8 Å². The van der Waals surface area contributed by atoms with Crippen LogP contribution in [0.15, 0.2) is 39.9 Å². The number of pyridine rings is 1. The van der Waals surface area contributed by atoms with E-state index in [1.807, 2.05) is 5.32 Å². The average molecular weight is 477 g/mol. The second-order valence-electron chi connectivity index (χ2n) is 5.96. The van der Waals surface area contributed by atoms with E-state index in [4.69, 9.17) is 15.2 Å². The van der Waals surface area contributed by atoms with Gasteiger partial charge in [0.2, 0.25) is 5.88 Å². The lowest BCUT2D eigenvalue weighted by molar-refractivity contribution is -0.0146. The number of hydrogen-bond donors (Lipinski definition) is 2. The number of halogens is 5. The zero-order chi connectivity index (χ0) is 21.2. The van der Waals surface area contributed by atoms with Crippen LogP contribution in [-0.4, -0.2) is 36.6 Å². The molecule has 0 spiro atoms. The van der Waals surface area contributed by atoms with E-state index in [0.717, 1.165) is 0 Å². The van der Waals surface area contributed by atoms with Crippen molar-refractivity contribution in [2.75, 3.05) is 18.5 Å². The topological polar surface area (TPSA) is 98.8 Å². The SMILES string of the molecule is NC1=NC(c2cc(NC(=O)Oc3ccc(Br)cn3)c(F)cc2F)(C(F)F)COC1. The van der Waals surface area contributed by atoms with Gasteiger partial charge in [-0.3, -0.25) is 10.3 Å². The molecule has 1 unspecified atom stereocenters. The Morgan fingerprint density at radius 2 is 2.07 bits per heavy atom. The normalized spacial score (nSPS) is 19.0. The summed E-state index contributed by atoms with van der Waals surface area (Å²) in [6, 6.07) is 3.97. The lowest BCUT2D eigenvalue weighted by Gasteiger charge is -2.33. The van der Waals surface area contributed by atoms with Crippen LogP contribution in [0.5, 0.6) is 5.88 Å². The number of hydrogen-bond acceptors (Lipinski definition) is 6. The maximum absolute atomic E-state index is 14.4. The quantitative estimate of drug-likeness (QED) is 0.657. The monoisotopic (exact) mass is 476 g/mol. The number of nitrogens with zero attached hydrogens (tertiary/aromatic N) is 2. The minimum Gasteiger partial charge on any atom is -0.391 e. The molecule has 2 aromatic rings. The largest absolute Gasteiger partial charge is 0.418 e. The minimum absolute atomic E-state index is 0.101. The molecule has 7 nitrogen and oxygen atoms in total. The van der Waals surface area contributed by atoms with Crippen molar-refractivity contribution in [3.63, 3.8) is 0 Å². The molecule has 1 amide bonds. The van der Waals surface area contributed by atoms with Crippen molar-refractivity contribution in [2.24, 2.45) is 10.7 Å². The number of nitrogens with two attached hydrogens (primary N) is 1. The molecule has 0 saturated heterocycles. The predicted molar refractivity (Wildman–Crippen MR) is 98.1 cm³/mol. The smallest absolute Gasteiger partial charge is 0.391 e. The fraction of sp³-hybridized carbons (Fsp3) is 0.235. The Labute approximate surface area is 170 Å². The van der Waals surface area contributed by atoms with Crippen molar-refractivity contribution >= 4 is 33.5 Å². The number of anilines is 1. The molecule has 154 valence electrons. The molecule has 29 heavy (non-hydrogen) atoms. The number of carbonyl (C=O) groups is 1. The second kappa shape index (κ2) is 8.33. The Bertz CT molecular complexity index is 958. The second-order valence-corrected chi connectivity index (χ2v) is 6.88. The van der Waals surface area contributed by atoms with Crippen molar-refractivity contribution in [3.8, 4) is 5.88 Å². The van der Waals surface area contributed by atoms with Gasteiger partial charge < -0.3 is 15.2 Å². The van der Waals surface area contributed by atoms with Crippen LogP contribution in [0.4, 0.5) is 28.0 Å². The van der Waals surface area contributed by atoms with Gasteiger partial charge >= 0.3 is 6.09 Å². The fourth-order valence-corrected chi connectivity index (χ4v) is 2.86. The first-order valence-corrected chi connectivity index (χ1v) is 8.80. The van der Waals surface area contributed by atoms with Crippen molar-refractivity contribution in [2.45, 2.75) is 12.0 Å². The number of amidine groups is 1. The summed E-state index contributed by atoms with van der Waals surface area (Å²) in [6.07, 6.45) is -3.02. The van der Waals surface area contributed by atoms with Gasteiger partial charge in [0.25, 0.3) is 6.43 Å². The van der Waals surface area contributed by atoms with Crippen LogP contribution in [0.2, 0.25) is 0 Å². The summed E-state index contributed by atoms with van der Waals surface area (Å²) in [5.74, 6) is -2.87. The van der Waals surface area contributed by atoms with Gasteiger partial charge in [-0.25, -0.2) is 27.3 Å². The van der Waals surface area contributed by atoms with Gasteiger partial charge in [-0.05, 0) is 28.1 Å². The maximum atomic E-state index is 14.4. The van der Waals surface area contributed by atoms with Gasteiger partial charge in [0.15, 0.2) is 5.54 Å². The summed E-state index contributed by atoms with van der Waals surface area (Å²) >= 11 is 3.15. The molecule has 12 heteroatoms. The van der Waals surface area contributed by atoms with Crippen molar-refractivity contribution in [1.82, 2.24) is 4.98 Å². The molecule has 0 fully saturated rings. The number of alkyl halides is 2. The molecule has 3 rings (SSSR count). The Hall–Kier alpha value is -2.73. The number of benzene rings is 1. The molecule has 1 atom stereocenters. The summed E-state index contributed by atoms with van der Waals surface area (Å²) in [5.41, 5.74) is 1.72. The third-order valence-electron chi connectivity index (χ3n) is 3.93. The molecule has 0 radical (unpaired) electrons. The van der Waals surface area contributed by atoms with Gasteiger partial charge in [-0.2, -0.15) is 0 Å². The Kier molecular flexibility index (Phi) is 6.03. The van der Waals surface area contributed by atoms with E-state index in [1.54, 1.807) is 6.07 Å². The van der Waals surface area contributed by atoms with Crippen LogP contribution >= 0.6 is 15.9 Å². The first kappa shape index (κ1) is 21.0. The number of carbonyl (C=O) groups excluding carboxylic acids is 1. The molecule has 0 saturated carbocycles. The molecule has 3 N–H and O–H groups in total. The van der Waals surface area contributed by atoms with Crippen molar-refractivity contribution < 1.29 is 31.8 Å². The van der Waals surface area contributed by atoms with Gasteiger partial charge in [0.1, 0.15) is 24.1 Å². The van der Waals surface area contributed by atoms with Gasteiger partial charge in [-0.15, -0.1) is 0 Å². The van der Waals surface area contributed by atoms with Gasteiger partial charge in [0.05, 0.1) is 12.3 Å². The van der Waals surface area contributed by atoms with Crippen molar-refractivity contribution in [3.05, 3.63) is 52.1 Å². The lowest BCUT2D eigenvalue weighted by Crippen LogP contribution is -2.45. The van der Waals surface area contributed by atoms with Gasteiger partial charge in [-0.1, -0.05) is 0 Å². The Morgan fingerprint density at radius 3 is 2.69 bits per heavy atom. The number of aromatic nitrogens is 1. The van der Waals surface area contributed by atoms with Crippen LogP contribution in [0.3, 0.4) is 0 Å². The van der Waals surface area contributed by atoms with Gasteiger partial charge in [0, 0.05) is 28.4 Å². The first-order valence-electron chi connectivity index (χ1n) is 8.01. The first-order chi connectivity index (χ1) is 13.7. The molecule has 2 heterocycles. The van der Waals surface area contributed by atoms with E-state index in [0.29, 0.717) is 16.6 Å². The highest BCUT2D eigenvalue weighted by Gasteiger charge is 2.46. The Balaban J connectivity index is 1.92. The summed E-state index contributed by atoms with van der Waals surface area (Å²) in [7, 11) is 0. The summed E-state index contributed by atoms with van der Waals surface area (Å²) < 4.78 is 66.6. The van der Waals surface area contributed by atoms with E-state index < -0.39 is 47.5 Å². The molecule has 0 aliphatic carbocycles. The number of rotatable bonds is 4. The highest BCUT2D eigenvalue weighted by atomic mass is 79.9. The van der Waals surface area contributed by atoms with Crippen LogP contribution in [0.1, 0.15) is 5.56 Å². The van der Waals surface area contributed by atoms with E-state index in [2.05, 4.69) is 25.9 Å². The number of ether oxygens (including phenoxy) is 2. The zero-order valence-corrected chi connectivity index (χ0v) is 16.1. The third kappa shape index (κ3) is 4.48. The average Bonchev–Trinajstić information content (AvgIpc) is 2.65. The van der Waals surface area contributed by atoms with E-state index in [9.17, 15) is 22.4 Å². The summed E-state index contributed by atoms with van der Waals surface area (Å²) in [6.45, 7) is -0.879. The minimum atomic E-state index is -3.21. The number of nitrogens with one attached hydrogen (secondary N) is 1. The maximum Gasteiger partial charge on any atom is 0.418 e. The van der Waals surface area contributed by atoms with Crippen LogP contribution in [-0.2, 0) is 10.3 Å². The zero-order valence-electron chi connectivity index (χ0n) is 14.5. The standard InChI is InChI=1S/C17H13BrF4N4O3/c18-8-1-2-14(24-5-8)29-16(27)25-12-3-9(10(19)4-11(12)20)17(15(21)22)7-28-6-13(23)26-17/h1-5,15H,6-7H2,(H2,23,26)(H,25,27). The molecular formula is C17H13BrF4N4O3. The van der Waals surface area contributed by atoms with E-state index >= 15 is 0 Å². The lowest BCUT2D eigenvalue weighted by atomic mass is 9.89. The van der Waals surface area contributed by atoms with Crippen LogP contribution in [0, 0.1) is 11.6 Å². The van der Waals surface area contributed by atoms with E-state index in [-0.39, 0.29) is 18.3 Å².